The Kier molecular flexibility index (Phi) is 4.70. The summed E-state index contributed by atoms with van der Waals surface area (Å²) >= 11 is 1.91. The van der Waals surface area contributed by atoms with Gasteiger partial charge in [-0.25, -0.2) is 0 Å². The zero-order valence-electron chi connectivity index (χ0n) is 10.6. The molecule has 2 rings (SSSR count). The number of hydrogen-bond donors (Lipinski definition) is 2. The third-order valence-corrected chi connectivity index (χ3v) is 5.30. The van der Waals surface area contributed by atoms with Crippen LogP contribution in [-0.2, 0) is 4.79 Å². The molecule has 1 amide bonds. The quantitative estimate of drug-likeness (QED) is 0.743. The number of rotatable bonds is 5. The Hall–Kier alpha value is -0.260. The van der Waals surface area contributed by atoms with Crippen LogP contribution in [0.3, 0.4) is 0 Å². The molecule has 1 saturated carbocycles. The third kappa shape index (κ3) is 3.60. The van der Waals surface area contributed by atoms with Gasteiger partial charge in [0.05, 0.1) is 6.54 Å². The highest BCUT2D eigenvalue weighted by atomic mass is 32.2. The van der Waals surface area contributed by atoms with Gasteiger partial charge in [0, 0.05) is 37.5 Å². The molecule has 0 unspecified atom stereocenters. The molecule has 2 fully saturated rings. The predicted molar refractivity (Wildman–Crippen MR) is 72.4 cm³/mol. The number of carbonyl (C=O) groups is 1. The van der Waals surface area contributed by atoms with Crippen LogP contribution in [0.25, 0.3) is 0 Å². The first-order valence-corrected chi connectivity index (χ1v) is 7.71. The van der Waals surface area contributed by atoms with Crippen molar-refractivity contribution in [1.82, 2.24) is 15.5 Å². The summed E-state index contributed by atoms with van der Waals surface area (Å²) in [7, 11) is 0. The third-order valence-electron chi connectivity index (χ3n) is 3.88. The molecule has 2 aliphatic rings. The summed E-state index contributed by atoms with van der Waals surface area (Å²) in [4.78, 5) is 14.1. The van der Waals surface area contributed by atoms with E-state index < -0.39 is 0 Å². The Morgan fingerprint density at radius 3 is 2.65 bits per heavy atom. The predicted octanol–water partition coefficient (Wildman–Crippen LogP) is 0.294. The smallest absolute Gasteiger partial charge is 0.234 e. The number of hydrogen-bond acceptors (Lipinski definition) is 4. The van der Waals surface area contributed by atoms with Gasteiger partial charge < -0.3 is 10.6 Å². The lowest BCUT2D eigenvalue weighted by Crippen LogP contribution is -2.50. The van der Waals surface area contributed by atoms with E-state index in [0.29, 0.717) is 11.3 Å². The molecule has 5 heteroatoms. The molecule has 2 N–H and O–H groups in total. The van der Waals surface area contributed by atoms with Crippen LogP contribution in [0.5, 0.6) is 0 Å². The van der Waals surface area contributed by atoms with Crippen molar-refractivity contribution in [3.8, 4) is 0 Å². The van der Waals surface area contributed by atoms with Crippen LogP contribution in [0.15, 0.2) is 0 Å². The zero-order valence-corrected chi connectivity index (χ0v) is 11.4. The maximum Gasteiger partial charge on any atom is 0.234 e. The van der Waals surface area contributed by atoms with Crippen molar-refractivity contribution in [2.45, 2.75) is 24.0 Å². The van der Waals surface area contributed by atoms with E-state index >= 15 is 0 Å². The van der Waals surface area contributed by atoms with E-state index in [2.05, 4.69) is 21.8 Å². The van der Waals surface area contributed by atoms with Gasteiger partial charge in [0.25, 0.3) is 0 Å². The second-order valence-electron chi connectivity index (χ2n) is 5.04. The number of nitrogens with one attached hydrogen (secondary N) is 2. The topological polar surface area (TPSA) is 44.4 Å². The van der Waals surface area contributed by atoms with Gasteiger partial charge in [0.15, 0.2) is 0 Å². The van der Waals surface area contributed by atoms with E-state index in [0.717, 1.165) is 32.7 Å². The summed E-state index contributed by atoms with van der Waals surface area (Å²) in [5.74, 6) is 0.187. The highest BCUT2D eigenvalue weighted by Crippen LogP contribution is 2.42. The molecule has 1 heterocycles. The van der Waals surface area contributed by atoms with Gasteiger partial charge in [-0.3, -0.25) is 9.69 Å². The van der Waals surface area contributed by atoms with Crippen molar-refractivity contribution in [1.29, 1.82) is 0 Å². The lowest BCUT2D eigenvalue weighted by atomic mass is 9.84. The molecule has 0 bridgehead atoms. The molecular weight excluding hydrogens is 234 g/mol. The van der Waals surface area contributed by atoms with E-state index in [9.17, 15) is 4.79 Å². The van der Waals surface area contributed by atoms with Crippen LogP contribution >= 0.6 is 11.8 Å². The van der Waals surface area contributed by atoms with Gasteiger partial charge in [-0.1, -0.05) is 6.42 Å². The number of amides is 1. The van der Waals surface area contributed by atoms with Crippen molar-refractivity contribution in [2.75, 3.05) is 45.5 Å². The van der Waals surface area contributed by atoms with E-state index in [4.69, 9.17) is 0 Å². The van der Waals surface area contributed by atoms with E-state index in [-0.39, 0.29) is 5.91 Å². The molecular formula is C12H23N3OS. The fourth-order valence-electron chi connectivity index (χ4n) is 2.41. The number of nitrogens with zero attached hydrogens (tertiary/aromatic N) is 1. The molecule has 0 aromatic rings. The monoisotopic (exact) mass is 257 g/mol. The maximum atomic E-state index is 11.8. The average Bonchev–Trinajstić information content (AvgIpc) is 2.29. The normalized spacial score (nSPS) is 24.1. The molecule has 0 atom stereocenters. The summed E-state index contributed by atoms with van der Waals surface area (Å²) < 4.78 is 0.346. The first kappa shape index (κ1) is 13.2. The van der Waals surface area contributed by atoms with Crippen molar-refractivity contribution < 1.29 is 4.79 Å². The molecule has 0 spiro atoms. The Balaban J connectivity index is 1.66. The SMILES string of the molecule is CSC1(CNC(=O)CN2CCNCC2)CCC1. The Bertz CT molecular complexity index is 257. The minimum absolute atomic E-state index is 0.187. The largest absolute Gasteiger partial charge is 0.354 e. The Labute approximate surface area is 108 Å². The summed E-state index contributed by atoms with van der Waals surface area (Å²) in [6.07, 6.45) is 5.97. The number of carbonyl (C=O) groups excluding carboxylic acids is 1. The van der Waals surface area contributed by atoms with Crippen LogP contribution in [0.1, 0.15) is 19.3 Å². The van der Waals surface area contributed by atoms with E-state index in [1.807, 2.05) is 11.8 Å². The van der Waals surface area contributed by atoms with Crippen LogP contribution in [0.2, 0.25) is 0 Å². The summed E-state index contributed by atoms with van der Waals surface area (Å²) in [5, 5.41) is 6.40. The highest BCUT2D eigenvalue weighted by Gasteiger charge is 2.36. The fourth-order valence-corrected chi connectivity index (χ4v) is 3.33. The van der Waals surface area contributed by atoms with Gasteiger partial charge in [-0.2, -0.15) is 11.8 Å². The van der Waals surface area contributed by atoms with Crippen LogP contribution in [0.4, 0.5) is 0 Å². The fraction of sp³-hybridized carbons (Fsp3) is 0.917. The molecule has 17 heavy (non-hydrogen) atoms. The highest BCUT2D eigenvalue weighted by molar-refractivity contribution is 8.00. The van der Waals surface area contributed by atoms with E-state index in [1.165, 1.54) is 19.3 Å². The molecule has 0 aromatic carbocycles. The van der Waals surface area contributed by atoms with Crippen LogP contribution < -0.4 is 10.6 Å². The van der Waals surface area contributed by atoms with Crippen LogP contribution in [-0.4, -0.2) is 61.1 Å². The molecule has 1 aliphatic heterocycles. The number of piperazine rings is 1. The Morgan fingerprint density at radius 2 is 2.12 bits per heavy atom. The summed E-state index contributed by atoms with van der Waals surface area (Å²) in [5.41, 5.74) is 0. The van der Waals surface area contributed by atoms with Gasteiger partial charge in [0.1, 0.15) is 0 Å². The Morgan fingerprint density at radius 1 is 1.41 bits per heavy atom. The lowest BCUT2D eigenvalue weighted by molar-refractivity contribution is -0.122. The van der Waals surface area contributed by atoms with Crippen molar-refractivity contribution in [2.24, 2.45) is 0 Å². The molecule has 4 nitrogen and oxygen atoms in total. The van der Waals surface area contributed by atoms with Crippen molar-refractivity contribution in [3.63, 3.8) is 0 Å². The van der Waals surface area contributed by atoms with E-state index in [1.54, 1.807) is 0 Å². The van der Waals surface area contributed by atoms with Crippen molar-refractivity contribution in [3.05, 3.63) is 0 Å². The van der Waals surface area contributed by atoms with Gasteiger partial charge in [-0.05, 0) is 19.1 Å². The maximum absolute atomic E-state index is 11.8. The first-order valence-electron chi connectivity index (χ1n) is 6.49. The minimum atomic E-state index is 0.187. The molecule has 1 saturated heterocycles. The second kappa shape index (κ2) is 6.07. The summed E-state index contributed by atoms with van der Waals surface area (Å²) in [6.45, 7) is 5.39. The zero-order chi connectivity index (χ0) is 12.1. The minimum Gasteiger partial charge on any atom is -0.354 e. The second-order valence-corrected chi connectivity index (χ2v) is 6.32. The molecule has 1 aliphatic carbocycles. The number of thioether (sulfide) groups is 1. The van der Waals surface area contributed by atoms with Gasteiger partial charge in [-0.15, -0.1) is 0 Å². The van der Waals surface area contributed by atoms with Crippen molar-refractivity contribution >= 4 is 17.7 Å². The summed E-state index contributed by atoms with van der Waals surface area (Å²) in [6, 6.07) is 0. The first-order chi connectivity index (χ1) is 8.24. The molecule has 0 radical (unpaired) electrons. The lowest BCUT2D eigenvalue weighted by Gasteiger charge is -2.40. The van der Waals surface area contributed by atoms with Gasteiger partial charge in [0.2, 0.25) is 5.91 Å². The molecule has 0 aromatic heterocycles. The standard InChI is InChI=1S/C12H23N3OS/c1-17-12(3-2-4-12)10-14-11(16)9-15-7-5-13-6-8-15/h13H,2-10H2,1H3,(H,14,16). The average molecular weight is 257 g/mol. The molecule has 98 valence electrons. The van der Waals surface area contributed by atoms with Gasteiger partial charge >= 0.3 is 0 Å². The van der Waals surface area contributed by atoms with Crippen LogP contribution in [0, 0.1) is 0 Å².